The van der Waals surface area contributed by atoms with Crippen LogP contribution in [0.2, 0.25) is 5.02 Å². The van der Waals surface area contributed by atoms with E-state index in [1.165, 1.54) is 16.7 Å². The fourth-order valence-corrected chi connectivity index (χ4v) is 9.42. The minimum atomic E-state index is -1.01. The Bertz CT molecular complexity index is 1080. The number of aliphatic hydroxyl groups is 1. The second-order valence-corrected chi connectivity index (χ2v) is 13.2. The van der Waals surface area contributed by atoms with Crippen LogP contribution in [0.15, 0.2) is 30.9 Å². The normalized spacial score (nSPS) is 31.6. The van der Waals surface area contributed by atoms with Gasteiger partial charge in [-0.25, -0.2) is 0 Å². The number of aryl methyl sites for hydroxylation is 1. The van der Waals surface area contributed by atoms with Crippen LogP contribution in [0.25, 0.3) is 0 Å². The average molecular weight is 535 g/mol. The number of carboxylic acid groups (broad SMARTS) is 1. The number of benzene rings is 1. The minimum absolute atomic E-state index is 0.163. The molecule has 9 heteroatoms. The standard InChI is InChI=1S/C27H35ClN2O5S/c1-6-12-29(21-16(4)8-7-9-18(21)28)24(33)22-27-11-10-26(5,36-27)20(25(34)35)19(27)23(32)30(22)17(14-31)13-15(2)3/h6-9,15,17,19-20,22,31H,1,10-14H2,2-5H3,(H,34,35)/t17-,19+,20-,22?,26+,27?/m1/s1. The van der Waals surface area contributed by atoms with Crippen LogP contribution >= 0.6 is 23.4 Å². The van der Waals surface area contributed by atoms with Gasteiger partial charge in [-0.2, -0.15) is 0 Å². The van der Waals surface area contributed by atoms with Crippen LogP contribution in [0.5, 0.6) is 0 Å². The first-order valence-corrected chi connectivity index (χ1v) is 13.7. The number of carboxylic acids is 1. The molecule has 2 N–H and O–H groups in total. The molecule has 3 aliphatic rings. The monoisotopic (exact) mass is 534 g/mol. The van der Waals surface area contributed by atoms with Gasteiger partial charge >= 0.3 is 5.97 Å². The summed E-state index contributed by atoms with van der Waals surface area (Å²) < 4.78 is -1.52. The molecule has 36 heavy (non-hydrogen) atoms. The molecular weight excluding hydrogens is 500 g/mol. The molecule has 3 heterocycles. The van der Waals surface area contributed by atoms with E-state index in [-0.39, 0.29) is 30.9 Å². The molecule has 1 spiro atoms. The number of thioether (sulfide) groups is 1. The number of rotatable bonds is 9. The summed E-state index contributed by atoms with van der Waals surface area (Å²) >= 11 is 8.06. The number of carbonyl (C=O) groups is 3. The van der Waals surface area contributed by atoms with Gasteiger partial charge in [0, 0.05) is 11.3 Å². The van der Waals surface area contributed by atoms with Gasteiger partial charge in [0.2, 0.25) is 5.91 Å². The molecule has 2 unspecified atom stereocenters. The molecule has 3 aliphatic heterocycles. The lowest BCUT2D eigenvalue weighted by Gasteiger charge is -2.40. The lowest BCUT2D eigenvalue weighted by atomic mass is 9.66. The number of hydrogen-bond donors (Lipinski definition) is 2. The molecule has 0 aromatic heterocycles. The molecule has 1 aromatic carbocycles. The summed E-state index contributed by atoms with van der Waals surface area (Å²) in [6.07, 6.45) is 3.29. The number of hydrogen-bond acceptors (Lipinski definition) is 5. The van der Waals surface area contributed by atoms with Crippen LogP contribution in [0, 0.1) is 24.7 Å². The third kappa shape index (κ3) is 3.96. The third-order valence-corrected chi connectivity index (χ3v) is 10.4. The van der Waals surface area contributed by atoms with Crippen molar-refractivity contribution < 1.29 is 24.6 Å². The van der Waals surface area contributed by atoms with Crippen molar-refractivity contribution in [1.29, 1.82) is 0 Å². The topological polar surface area (TPSA) is 98.2 Å². The predicted molar refractivity (Wildman–Crippen MR) is 142 cm³/mol. The molecular formula is C27H35ClN2O5S. The highest BCUT2D eigenvalue weighted by Crippen LogP contribution is 2.71. The van der Waals surface area contributed by atoms with Gasteiger partial charge in [0.05, 0.1) is 39.9 Å². The Kier molecular flexibility index (Phi) is 7.27. The van der Waals surface area contributed by atoms with Crippen molar-refractivity contribution in [3.63, 3.8) is 0 Å². The SMILES string of the molecule is C=CCN(C(=O)C1N([C@@H](CO)CC(C)C)C(=O)[C@@H]2[C@H](C(=O)O)[C@]3(C)CCC12S3)c1c(C)cccc1Cl. The van der Waals surface area contributed by atoms with Crippen molar-refractivity contribution >= 4 is 46.8 Å². The number of halogens is 1. The average Bonchev–Trinajstić information content (AvgIpc) is 3.37. The molecule has 3 saturated heterocycles. The highest BCUT2D eigenvalue weighted by Gasteiger charge is 2.78. The second kappa shape index (κ2) is 9.69. The van der Waals surface area contributed by atoms with Gasteiger partial charge in [-0.15, -0.1) is 18.3 Å². The van der Waals surface area contributed by atoms with Crippen molar-refractivity contribution in [1.82, 2.24) is 4.90 Å². The van der Waals surface area contributed by atoms with E-state index in [0.717, 1.165) is 5.56 Å². The van der Waals surface area contributed by atoms with Crippen molar-refractivity contribution in [2.45, 2.75) is 68.5 Å². The summed E-state index contributed by atoms with van der Waals surface area (Å²) in [4.78, 5) is 44.3. The van der Waals surface area contributed by atoms with E-state index in [1.807, 2.05) is 39.8 Å². The number of aliphatic hydroxyl groups excluding tert-OH is 1. The summed E-state index contributed by atoms with van der Waals surface area (Å²) in [5.41, 5.74) is 1.36. The summed E-state index contributed by atoms with van der Waals surface area (Å²) in [6, 6.07) is 3.90. The molecule has 6 atom stereocenters. The van der Waals surface area contributed by atoms with Crippen LogP contribution < -0.4 is 4.90 Å². The van der Waals surface area contributed by atoms with Crippen LogP contribution in [0.3, 0.4) is 0 Å². The van der Waals surface area contributed by atoms with E-state index in [4.69, 9.17) is 11.6 Å². The first kappa shape index (κ1) is 27.0. The summed E-state index contributed by atoms with van der Waals surface area (Å²) in [5, 5.41) is 21.0. The van der Waals surface area contributed by atoms with Crippen molar-refractivity contribution in [3.05, 3.63) is 41.4 Å². The van der Waals surface area contributed by atoms with Gasteiger partial charge in [-0.3, -0.25) is 14.4 Å². The number of aliphatic carboxylic acids is 1. The number of anilines is 1. The zero-order valence-corrected chi connectivity index (χ0v) is 22.8. The summed E-state index contributed by atoms with van der Waals surface area (Å²) in [7, 11) is 0. The molecule has 4 rings (SSSR count). The first-order chi connectivity index (χ1) is 16.9. The maximum atomic E-state index is 14.6. The minimum Gasteiger partial charge on any atom is -0.481 e. The highest BCUT2D eigenvalue weighted by molar-refractivity contribution is 8.02. The highest BCUT2D eigenvalue weighted by atomic mass is 35.5. The lowest BCUT2D eigenvalue weighted by molar-refractivity contribution is -0.150. The van der Waals surface area contributed by atoms with E-state index in [1.54, 1.807) is 17.0 Å². The van der Waals surface area contributed by atoms with Crippen molar-refractivity contribution in [2.24, 2.45) is 17.8 Å². The maximum Gasteiger partial charge on any atom is 0.308 e. The Balaban J connectivity index is 1.89. The van der Waals surface area contributed by atoms with Crippen LogP contribution in [-0.4, -0.2) is 67.6 Å². The van der Waals surface area contributed by atoms with E-state index in [2.05, 4.69) is 6.58 Å². The zero-order valence-electron chi connectivity index (χ0n) is 21.2. The van der Waals surface area contributed by atoms with Gasteiger partial charge < -0.3 is 20.0 Å². The fourth-order valence-electron chi connectivity index (χ4n) is 6.77. The Morgan fingerprint density at radius 3 is 2.61 bits per heavy atom. The molecule has 196 valence electrons. The number of nitrogens with zero attached hydrogens (tertiary/aromatic N) is 2. The Morgan fingerprint density at radius 1 is 1.36 bits per heavy atom. The molecule has 0 aliphatic carbocycles. The van der Waals surface area contributed by atoms with Crippen LogP contribution in [0.4, 0.5) is 5.69 Å². The number of para-hydroxylation sites is 1. The number of amides is 2. The Labute approximate surface area is 221 Å². The van der Waals surface area contributed by atoms with Gasteiger partial charge in [0.15, 0.2) is 0 Å². The quantitative estimate of drug-likeness (QED) is 0.462. The van der Waals surface area contributed by atoms with Crippen molar-refractivity contribution in [3.8, 4) is 0 Å². The number of carbonyl (C=O) groups excluding carboxylic acids is 2. The number of likely N-dealkylation sites (tertiary alicyclic amines) is 1. The number of fused-ring (bicyclic) bond motifs is 1. The summed E-state index contributed by atoms with van der Waals surface area (Å²) in [6.45, 7) is 11.5. The summed E-state index contributed by atoms with van der Waals surface area (Å²) in [5.74, 6) is -3.22. The fraction of sp³-hybridized carbons (Fsp3) is 0.593. The Hall–Kier alpha value is -2.03. The van der Waals surface area contributed by atoms with Gasteiger partial charge in [0.25, 0.3) is 5.91 Å². The van der Waals surface area contributed by atoms with Gasteiger partial charge in [0.1, 0.15) is 6.04 Å². The molecule has 0 saturated carbocycles. The van der Waals surface area contributed by atoms with E-state index >= 15 is 0 Å². The molecule has 7 nitrogen and oxygen atoms in total. The third-order valence-electron chi connectivity index (χ3n) is 8.10. The van der Waals surface area contributed by atoms with Crippen molar-refractivity contribution in [2.75, 3.05) is 18.1 Å². The predicted octanol–water partition coefficient (Wildman–Crippen LogP) is 4.14. The van der Waals surface area contributed by atoms with E-state index in [0.29, 0.717) is 30.0 Å². The maximum absolute atomic E-state index is 14.6. The smallest absolute Gasteiger partial charge is 0.308 e. The van der Waals surface area contributed by atoms with E-state index in [9.17, 15) is 24.6 Å². The van der Waals surface area contributed by atoms with Crippen LogP contribution in [0.1, 0.15) is 45.6 Å². The molecule has 3 fully saturated rings. The zero-order chi connectivity index (χ0) is 26.6. The van der Waals surface area contributed by atoms with Gasteiger partial charge in [-0.1, -0.05) is 43.7 Å². The van der Waals surface area contributed by atoms with E-state index < -0.39 is 39.4 Å². The Morgan fingerprint density at radius 2 is 2.06 bits per heavy atom. The van der Waals surface area contributed by atoms with Gasteiger partial charge in [-0.05, 0) is 50.7 Å². The molecule has 0 radical (unpaired) electrons. The second-order valence-electron chi connectivity index (χ2n) is 10.9. The lowest BCUT2D eigenvalue weighted by Crippen LogP contribution is -2.58. The largest absolute Gasteiger partial charge is 0.481 e. The van der Waals surface area contributed by atoms with Crippen LogP contribution in [-0.2, 0) is 14.4 Å². The molecule has 1 aromatic rings. The first-order valence-electron chi connectivity index (χ1n) is 12.5. The molecule has 2 bridgehead atoms. The molecule has 2 amide bonds.